The standard InChI is InChI=1S/C22H20N4O4S/c1-15-12-13-17(26(27)28)14-20(15)31(29,30)24-21(16-8-4-3-5-9-16)22-23-18-10-6-7-11-19(18)25(22)2/h3-14,21,24H,1-2H3/t21-/m1/s1. The monoisotopic (exact) mass is 436 g/mol. The second-order valence-electron chi connectivity index (χ2n) is 7.19. The molecule has 0 fully saturated rings. The van der Waals surface area contributed by atoms with Crippen LogP contribution in [0, 0.1) is 17.0 Å². The third-order valence-corrected chi connectivity index (χ3v) is 6.72. The molecule has 31 heavy (non-hydrogen) atoms. The van der Waals surface area contributed by atoms with E-state index in [0.29, 0.717) is 17.0 Å². The maximum absolute atomic E-state index is 13.3. The number of fused-ring (bicyclic) bond motifs is 1. The SMILES string of the molecule is Cc1ccc([N+](=O)[O-])cc1S(=O)(=O)N[C@H](c1ccccc1)c1nc2ccccc2n1C. The zero-order valence-corrected chi connectivity index (χ0v) is 17.7. The van der Waals surface area contributed by atoms with Crippen molar-refractivity contribution in [3.63, 3.8) is 0 Å². The first kappa shape index (κ1) is 20.7. The zero-order valence-electron chi connectivity index (χ0n) is 16.9. The van der Waals surface area contributed by atoms with Gasteiger partial charge in [0.05, 0.1) is 20.9 Å². The van der Waals surface area contributed by atoms with Gasteiger partial charge in [0.2, 0.25) is 10.0 Å². The van der Waals surface area contributed by atoms with Gasteiger partial charge in [-0.2, -0.15) is 4.72 Å². The van der Waals surface area contributed by atoms with Gasteiger partial charge in [0.25, 0.3) is 5.69 Å². The lowest BCUT2D eigenvalue weighted by atomic mass is 10.1. The number of hydrogen-bond acceptors (Lipinski definition) is 5. The summed E-state index contributed by atoms with van der Waals surface area (Å²) < 4.78 is 31.2. The Bertz CT molecular complexity index is 1380. The Morgan fingerprint density at radius 3 is 2.39 bits per heavy atom. The van der Waals surface area contributed by atoms with E-state index in [1.54, 1.807) is 6.92 Å². The van der Waals surface area contributed by atoms with Crippen LogP contribution in [0.3, 0.4) is 0 Å². The van der Waals surface area contributed by atoms with Gasteiger partial charge >= 0.3 is 0 Å². The summed E-state index contributed by atoms with van der Waals surface area (Å²) in [6.45, 7) is 1.60. The van der Waals surface area contributed by atoms with Crippen molar-refractivity contribution in [3.05, 3.63) is 99.9 Å². The average molecular weight is 436 g/mol. The van der Waals surface area contributed by atoms with E-state index >= 15 is 0 Å². The lowest BCUT2D eigenvalue weighted by molar-refractivity contribution is -0.385. The largest absolute Gasteiger partial charge is 0.329 e. The number of hydrogen-bond donors (Lipinski definition) is 1. The van der Waals surface area contributed by atoms with Crippen LogP contribution in [0.1, 0.15) is 23.0 Å². The van der Waals surface area contributed by atoms with Gasteiger partial charge < -0.3 is 4.57 Å². The van der Waals surface area contributed by atoms with Crippen molar-refractivity contribution in [2.45, 2.75) is 17.9 Å². The average Bonchev–Trinajstić information content (AvgIpc) is 3.09. The maximum Gasteiger partial charge on any atom is 0.270 e. The smallest absolute Gasteiger partial charge is 0.270 e. The van der Waals surface area contributed by atoms with Gasteiger partial charge in [0.1, 0.15) is 11.9 Å². The number of aromatic nitrogens is 2. The third kappa shape index (κ3) is 3.92. The fraction of sp³-hybridized carbons (Fsp3) is 0.136. The van der Waals surface area contributed by atoms with Crippen LogP contribution in [0.2, 0.25) is 0 Å². The normalized spacial score (nSPS) is 12.7. The number of nitrogens with one attached hydrogen (secondary N) is 1. The molecule has 4 rings (SSSR count). The molecule has 0 spiro atoms. The van der Waals surface area contributed by atoms with Crippen LogP contribution in [0.5, 0.6) is 0 Å². The number of rotatable bonds is 6. The van der Waals surface area contributed by atoms with Crippen LogP contribution in [0.25, 0.3) is 11.0 Å². The molecule has 9 heteroatoms. The first-order valence-corrected chi connectivity index (χ1v) is 11.0. The molecule has 1 atom stereocenters. The lowest BCUT2D eigenvalue weighted by Crippen LogP contribution is -2.31. The van der Waals surface area contributed by atoms with Gasteiger partial charge in [-0.05, 0) is 30.2 Å². The van der Waals surface area contributed by atoms with Crippen molar-refractivity contribution >= 4 is 26.7 Å². The Morgan fingerprint density at radius 1 is 1.03 bits per heavy atom. The molecule has 3 aromatic carbocycles. The summed E-state index contributed by atoms with van der Waals surface area (Å²) in [5, 5.41) is 11.2. The van der Waals surface area contributed by atoms with Gasteiger partial charge in [0.15, 0.2) is 0 Å². The number of nitro benzene ring substituents is 1. The highest BCUT2D eigenvalue weighted by atomic mass is 32.2. The minimum atomic E-state index is -4.10. The van der Waals surface area contributed by atoms with Crippen LogP contribution >= 0.6 is 0 Å². The van der Waals surface area contributed by atoms with Gasteiger partial charge in [-0.1, -0.05) is 48.5 Å². The molecule has 0 saturated carbocycles. The highest BCUT2D eigenvalue weighted by molar-refractivity contribution is 7.89. The highest BCUT2D eigenvalue weighted by Gasteiger charge is 2.29. The number of nitrogens with zero attached hydrogens (tertiary/aromatic N) is 3. The summed E-state index contributed by atoms with van der Waals surface area (Å²) in [7, 11) is -2.28. The highest BCUT2D eigenvalue weighted by Crippen LogP contribution is 2.28. The number of sulfonamides is 1. The molecule has 0 unspecified atom stereocenters. The minimum Gasteiger partial charge on any atom is -0.329 e. The molecule has 0 saturated heterocycles. The molecule has 1 aromatic heterocycles. The summed E-state index contributed by atoms with van der Waals surface area (Å²) >= 11 is 0. The first-order valence-electron chi connectivity index (χ1n) is 9.51. The molecule has 1 N–H and O–H groups in total. The van der Waals surface area contributed by atoms with E-state index in [1.165, 1.54) is 12.1 Å². The van der Waals surface area contributed by atoms with Crippen LogP contribution in [-0.4, -0.2) is 22.9 Å². The Hall–Kier alpha value is -3.56. The summed E-state index contributed by atoms with van der Waals surface area (Å²) in [5.41, 5.74) is 2.43. The maximum atomic E-state index is 13.3. The molecule has 0 aliphatic rings. The molecule has 8 nitrogen and oxygen atoms in total. The van der Waals surface area contributed by atoms with Gasteiger partial charge in [0, 0.05) is 19.2 Å². The number of imidazole rings is 1. The quantitative estimate of drug-likeness (QED) is 0.365. The number of aryl methyl sites for hydroxylation is 2. The fourth-order valence-corrected chi connectivity index (χ4v) is 4.99. The van der Waals surface area contributed by atoms with Crippen LogP contribution in [0.15, 0.2) is 77.7 Å². The first-order chi connectivity index (χ1) is 14.8. The van der Waals surface area contributed by atoms with Crippen molar-refractivity contribution in [2.75, 3.05) is 0 Å². The summed E-state index contributed by atoms with van der Waals surface area (Å²) in [6.07, 6.45) is 0. The molecule has 0 bridgehead atoms. The van der Waals surface area contributed by atoms with E-state index < -0.39 is 21.0 Å². The number of para-hydroxylation sites is 2. The number of non-ortho nitro benzene ring substituents is 1. The minimum absolute atomic E-state index is 0.138. The molecule has 1 heterocycles. The Labute approximate surface area is 179 Å². The molecule has 4 aromatic rings. The molecule has 0 aliphatic carbocycles. The summed E-state index contributed by atoms with van der Waals surface area (Å²) in [4.78, 5) is 15.1. The van der Waals surface area contributed by atoms with E-state index in [1.807, 2.05) is 66.2 Å². The van der Waals surface area contributed by atoms with Crippen molar-refractivity contribution in [1.29, 1.82) is 0 Å². The molecule has 0 amide bonds. The zero-order chi connectivity index (χ0) is 22.2. The topological polar surface area (TPSA) is 107 Å². The van der Waals surface area contributed by atoms with Crippen LogP contribution in [0.4, 0.5) is 5.69 Å². The lowest BCUT2D eigenvalue weighted by Gasteiger charge is -2.20. The van der Waals surface area contributed by atoms with Gasteiger partial charge in [-0.3, -0.25) is 10.1 Å². The summed E-state index contributed by atoms with van der Waals surface area (Å²) in [6, 6.07) is 19.6. The molecule has 0 aliphatic heterocycles. The molecular formula is C22H20N4O4S. The second-order valence-corrected chi connectivity index (χ2v) is 8.87. The van der Waals surface area contributed by atoms with E-state index in [0.717, 1.165) is 17.1 Å². The third-order valence-electron chi connectivity index (χ3n) is 5.16. The Kier molecular flexibility index (Phi) is 5.30. The van der Waals surface area contributed by atoms with E-state index in [2.05, 4.69) is 9.71 Å². The second kappa shape index (κ2) is 7.93. The van der Waals surface area contributed by atoms with Gasteiger partial charge in [-0.25, -0.2) is 13.4 Å². The predicted molar refractivity (Wildman–Crippen MR) is 117 cm³/mol. The van der Waals surface area contributed by atoms with Crippen molar-refractivity contribution in [1.82, 2.24) is 14.3 Å². The van der Waals surface area contributed by atoms with Crippen LogP contribution in [-0.2, 0) is 17.1 Å². The molecular weight excluding hydrogens is 416 g/mol. The van der Waals surface area contributed by atoms with Crippen molar-refractivity contribution in [2.24, 2.45) is 7.05 Å². The van der Waals surface area contributed by atoms with Gasteiger partial charge in [-0.15, -0.1) is 0 Å². The van der Waals surface area contributed by atoms with E-state index in [-0.39, 0.29) is 10.6 Å². The van der Waals surface area contributed by atoms with E-state index in [4.69, 9.17) is 0 Å². The Morgan fingerprint density at radius 2 is 1.71 bits per heavy atom. The fourth-order valence-electron chi connectivity index (χ4n) is 3.55. The predicted octanol–water partition coefficient (Wildman–Crippen LogP) is 3.86. The van der Waals surface area contributed by atoms with E-state index in [9.17, 15) is 18.5 Å². The van der Waals surface area contributed by atoms with Crippen LogP contribution < -0.4 is 4.72 Å². The van der Waals surface area contributed by atoms with Crippen molar-refractivity contribution in [3.8, 4) is 0 Å². The number of benzene rings is 3. The number of nitro groups is 1. The Balaban J connectivity index is 1.85. The van der Waals surface area contributed by atoms with Crippen molar-refractivity contribution < 1.29 is 13.3 Å². The molecule has 0 radical (unpaired) electrons. The summed E-state index contributed by atoms with van der Waals surface area (Å²) in [5.74, 6) is 0.513. The molecule has 158 valence electrons.